The van der Waals surface area contributed by atoms with Gasteiger partial charge in [0.15, 0.2) is 5.13 Å². The third-order valence-corrected chi connectivity index (χ3v) is 8.10. The van der Waals surface area contributed by atoms with Crippen molar-refractivity contribution in [1.29, 1.82) is 0 Å². The Bertz CT molecular complexity index is 1640. The molecule has 0 radical (unpaired) electrons. The van der Waals surface area contributed by atoms with E-state index in [4.69, 9.17) is 4.74 Å². The number of hydrogen-bond donors (Lipinski definition) is 1. The van der Waals surface area contributed by atoms with Crippen molar-refractivity contribution in [3.63, 3.8) is 0 Å². The van der Waals surface area contributed by atoms with Crippen LogP contribution in [-0.2, 0) is 16.0 Å². The third-order valence-electron chi connectivity index (χ3n) is 7.08. The quantitative estimate of drug-likeness (QED) is 0.186. The minimum Gasteiger partial charge on any atom is -0.507 e. The van der Waals surface area contributed by atoms with Crippen LogP contribution in [-0.4, -0.2) is 27.9 Å². The molecule has 0 aliphatic carbocycles. The van der Waals surface area contributed by atoms with E-state index < -0.39 is 23.5 Å². The number of hydrogen-bond acceptors (Lipinski definition) is 6. The monoisotopic (exact) mass is 528 g/mol. The van der Waals surface area contributed by atoms with Crippen LogP contribution < -0.4 is 9.64 Å². The molecule has 1 aromatic heterocycles. The van der Waals surface area contributed by atoms with E-state index in [1.165, 1.54) is 17.0 Å². The van der Waals surface area contributed by atoms with Crippen molar-refractivity contribution in [2.45, 2.75) is 45.3 Å². The highest BCUT2D eigenvalue weighted by atomic mass is 32.1. The largest absolute Gasteiger partial charge is 0.507 e. The SMILES string of the molecule is CC(C)c1ccc([C@H]2/C(=C(\O)c3ccc4c(c3)C[C@@H](C)O4)C(=O)C(=O)N2c2nc3ccc(F)cc3s2)cc1. The first kappa shape index (κ1) is 24.3. The Balaban J connectivity index is 1.53. The third kappa shape index (κ3) is 3.96. The summed E-state index contributed by atoms with van der Waals surface area (Å²) in [6.07, 6.45) is 0.712. The number of carbonyl (C=O) groups excluding carboxylic acids is 2. The molecule has 0 spiro atoms. The number of carbonyl (C=O) groups is 2. The molecule has 2 aliphatic heterocycles. The zero-order valence-corrected chi connectivity index (χ0v) is 21.9. The summed E-state index contributed by atoms with van der Waals surface area (Å²) in [5.74, 6) is -1.20. The number of thiazole rings is 1. The van der Waals surface area contributed by atoms with E-state index in [0.29, 0.717) is 33.7 Å². The summed E-state index contributed by atoms with van der Waals surface area (Å²) in [5.41, 5.74) is 3.66. The Labute approximate surface area is 223 Å². The lowest BCUT2D eigenvalue weighted by atomic mass is 9.93. The van der Waals surface area contributed by atoms with Crippen molar-refractivity contribution in [2.75, 3.05) is 4.90 Å². The average molecular weight is 529 g/mol. The predicted octanol–water partition coefficient (Wildman–Crippen LogP) is 6.51. The Kier molecular flexibility index (Phi) is 5.79. The summed E-state index contributed by atoms with van der Waals surface area (Å²) in [6, 6.07) is 16.2. The van der Waals surface area contributed by atoms with Gasteiger partial charge in [0.1, 0.15) is 23.4 Å². The Morgan fingerprint density at radius 1 is 1.11 bits per heavy atom. The number of nitrogens with zero attached hydrogens (tertiary/aromatic N) is 2. The molecule has 3 heterocycles. The maximum absolute atomic E-state index is 13.9. The van der Waals surface area contributed by atoms with E-state index in [1.54, 1.807) is 24.3 Å². The first-order valence-electron chi connectivity index (χ1n) is 12.5. The van der Waals surface area contributed by atoms with E-state index in [2.05, 4.69) is 18.8 Å². The molecule has 6 rings (SSSR count). The Morgan fingerprint density at radius 3 is 2.61 bits per heavy atom. The number of aliphatic hydroxyl groups is 1. The van der Waals surface area contributed by atoms with Gasteiger partial charge in [0.25, 0.3) is 5.78 Å². The van der Waals surface area contributed by atoms with Crippen LogP contribution in [0.5, 0.6) is 5.75 Å². The zero-order chi connectivity index (χ0) is 26.7. The summed E-state index contributed by atoms with van der Waals surface area (Å²) in [5, 5.41) is 11.8. The first-order valence-corrected chi connectivity index (χ1v) is 13.3. The standard InChI is InChI=1S/C30H25FN2O4S/c1-15(2)17-4-6-18(7-5-17)26-25(27(34)19-8-11-23-20(13-19)12-16(3)37-23)28(35)29(36)33(26)30-32-22-10-9-21(31)14-24(22)38-30/h4-11,13-16,26,34H,12H2,1-3H3/b27-25+/t16-,26+/m1/s1. The molecule has 6 nitrogen and oxygen atoms in total. The molecule has 1 saturated heterocycles. The van der Waals surface area contributed by atoms with Gasteiger partial charge in [0.05, 0.1) is 21.8 Å². The Hall–Kier alpha value is -4.04. The molecule has 192 valence electrons. The van der Waals surface area contributed by atoms with Gasteiger partial charge in [0, 0.05) is 12.0 Å². The molecule has 2 aliphatic rings. The van der Waals surface area contributed by atoms with Gasteiger partial charge in [-0.3, -0.25) is 14.5 Å². The molecule has 38 heavy (non-hydrogen) atoms. The lowest BCUT2D eigenvalue weighted by Gasteiger charge is -2.23. The molecule has 4 aromatic rings. The van der Waals surface area contributed by atoms with E-state index >= 15 is 0 Å². The minimum absolute atomic E-state index is 0.00959. The van der Waals surface area contributed by atoms with Gasteiger partial charge in [-0.25, -0.2) is 9.37 Å². The van der Waals surface area contributed by atoms with Crippen LogP contribution in [0, 0.1) is 5.82 Å². The Morgan fingerprint density at radius 2 is 1.87 bits per heavy atom. The average Bonchev–Trinajstić information content (AvgIpc) is 3.55. The van der Waals surface area contributed by atoms with Crippen LogP contribution in [0.15, 0.2) is 66.2 Å². The van der Waals surface area contributed by atoms with Crippen LogP contribution in [0.2, 0.25) is 0 Å². The maximum atomic E-state index is 13.9. The summed E-state index contributed by atoms with van der Waals surface area (Å²) in [7, 11) is 0. The van der Waals surface area contributed by atoms with Gasteiger partial charge in [-0.05, 0) is 65.9 Å². The van der Waals surface area contributed by atoms with Crippen molar-refractivity contribution >= 4 is 44.1 Å². The number of halogens is 1. The van der Waals surface area contributed by atoms with E-state index in [9.17, 15) is 19.1 Å². The van der Waals surface area contributed by atoms with Crippen LogP contribution in [0.4, 0.5) is 9.52 Å². The number of rotatable bonds is 4. The molecular formula is C30H25FN2O4S. The number of ether oxygens (including phenoxy) is 1. The molecule has 0 unspecified atom stereocenters. The maximum Gasteiger partial charge on any atom is 0.301 e. The van der Waals surface area contributed by atoms with E-state index in [1.807, 2.05) is 31.2 Å². The van der Waals surface area contributed by atoms with Crippen LogP contribution >= 0.6 is 11.3 Å². The summed E-state index contributed by atoms with van der Waals surface area (Å²) in [4.78, 5) is 32.9. The van der Waals surface area contributed by atoms with Gasteiger partial charge < -0.3 is 9.84 Å². The van der Waals surface area contributed by atoms with Crippen LogP contribution in [0.25, 0.3) is 16.0 Å². The molecule has 0 saturated carbocycles. The van der Waals surface area contributed by atoms with Gasteiger partial charge in [-0.15, -0.1) is 0 Å². The van der Waals surface area contributed by atoms with Crippen molar-refractivity contribution in [3.05, 3.63) is 94.3 Å². The normalized spacial score (nSPS) is 20.4. The molecule has 3 aromatic carbocycles. The van der Waals surface area contributed by atoms with Crippen molar-refractivity contribution in [2.24, 2.45) is 0 Å². The van der Waals surface area contributed by atoms with Gasteiger partial charge in [0.2, 0.25) is 0 Å². The zero-order valence-electron chi connectivity index (χ0n) is 21.1. The van der Waals surface area contributed by atoms with Crippen molar-refractivity contribution in [3.8, 4) is 5.75 Å². The smallest absolute Gasteiger partial charge is 0.301 e. The second-order valence-corrected chi connectivity index (χ2v) is 11.1. The predicted molar refractivity (Wildman–Crippen MR) is 145 cm³/mol. The number of aromatic nitrogens is 1. The highest BCUT2D eigenvalue weighted by Crippen LogP contribution is 2.45. The lowest BCUT2D eigenvalue weighted by molar-refractivity contribution is -0.132. The molecule has 1 N–H and O–H groups in total. The number of aliphatic hydroxyl groups excluding tert-OH is 1. The molecule has 2 atom stereocenters. The molecular weight excluding hydrogens is 503 g/mol. The summed E-state index contributed by atoms with van der Waals surface area (Å²) < 4.78 is 20.2. The summed E-state index contributed by atoms with van der Waals surface area (Å²) >= 11 is 1.13. The fourth-order valence-electron chi connectivity index (χ4n) is 5.12. The lowest BCUT2D eigenvalue weighted by Crippen LogP contribution is -2.29. The number of Topliss-reactive ketones (excluding diaryl/α,β-unsaturated/α-hetero) is 1. The number of ketones is 1. The topological polar surface area (TPSA) is 79.7 Å². The first-order chi connectivity index (χ1) is 18.2. The molecule has 0 bridgehead atoms. The molecule has 1 fully saturated rings. The second kappa shape index (κ2) is 9.06. The van der Waals surface area contributed by atoms with E-state index in [0.717, 1.165) is 28.2 Å². The number of benzene rings is 3. The minimum atomic E-state index is -0.898. The fraction of sp³-hybridized carbons (Fsp3) is 0.233. The highest BCUT2D eigenvalue weighted by molar-refractivity contribution is 7.22. The number of amides is 1. The molecule has 8 heteroatoms. The highest BCUT2D eigenvalue weighted by Gasteiger charge is 2.48. The molecule has 1 amide bonds. The van der Waals surface area contributed by atoms with Crippen molar-refractivity contribution < 1.29 is 23.8 Å². The van der Waals surface area contributed by atoms with Crippen molar-refractivity contribution in [1.82, 2.24) is 4.98 Å². The van der Waals surface area contributed by atoms with Gasteiger partial charge in [-0.2, -0.15) is 0 Å². The van der Waals surface area contributed by atoms with Gasteiger partial charge >= 0.3 is 5.91 Å². The fourth-order valence-corrected chi connectivity index (χ4v) is 6.14. The number of fused-ring (bicyclic) bond motifs is 2. The number of anilines is 1. The van der Waals surface area contributed by atoms with Crippen LogP contribution in [0.3, 0.4) is 0 Å². The second-order valence-electron chi connectivity index (χ2n) is 10.1. The van der Waals surface area contributed by atoms with Crippen LogP contribution in [0.1, 0.15) is 55.0 Å². The van der Waals surface area contributed by atoms with Gasteiger partial charge in [-0.1, -0.05) is 49.4 Å². The van der Waals surface area contributed by atoms with E-state index in [-0.39, 0.29) is 22.6 Å². The summed E-state index contributed by atoms with van der Waals surface area (Å²) in [6.45, 7) is 6.13.